The molecule has 3 nitrogen and oxygen atoms in total. The van der Waals surface area contributed by atoms with E-state index in [9.17, 15) is 5.11 Å². The van der Waals surface area contributed by atoms with Crippen molar-refractivity contribution in [2.24, 2.45) is 5.92 Å². The maximum absolute atomic E-state index is 9.64. The fourth-order valence-electron chi connectivity index (χ4n) is 1.76. The van der Waals surface area contributed by atoms with Gasteiger partial charge in [0.1, 0.15) is 6.10 Å². The molecule has 12 heavy (non-hydrogen) atoms. The van der Waals surface area contributed by atoms with E-state index in [0.717, 1.165) is 6.42 Å². The third-order valence-electron chi connectivity index (χ3n) is 3.16. The zero-order chi connectivity index (χ0) is 9.35. The van der Waals surface area contributed by atoms with Crippen molar-refractivity contribution >= 4 is 0 Å². The SMILES string of the molecule is CCC1(C)OC(CO)C(O)C1C. The van der Waals surface area contributed by atoms with Gasteiger partial charge in [-0.3, -0.25) is 0 Å². The normalized spacial score (nSPS) is 48.2. The van der Waals surface area contributed by atoms with Gasteiger partial charge in [-0.05, 0) is 13.3 Å². The average molecular weight is 174 g/mol. The smallest absolute Gasteiger partial charge is 0.107 e. The van der Waals surface area contributed by atoms with E-state index in [0.29, 0.717) is 0 Å². The summed E-state index contributed by atoms with van der Waals surface area (Å²) < 4.78 is 5.57. The van der Waals surface area contributed by atoms with Gasteiger partial charge in [0, 0.05) is 5.92 Å². The van der Waals surface area contributed by atoms with Crippen LogP contribution in [0.15, 0.2) is 0 Å². The molecular formula is C9H18O3. The number of ether oxygens (including phenoxy) is 1. The third-order valence-corrected chi connectivity index (χ3v) is 3.16. The summed E-state index contributed by atoms with van der Waals surface area (Å²) in [5, 5.41) is 18.5. The summed E-state index contributed by atoms with van der Waals surface area (Å²) in [6.07, 6.45) is -0.0632. The Morgan fingerprint density at radius 3 is 2.33 bits per heavy atom. The van der Waals surface area contributed by atoms with E-state index >= 15 is 0 Å². The molecule has 4 unspecified atom stereocenters. The van der Waals surface area contributed by atoms with Crippen LogP contribution < -0.4 is 0 Å². The zero-order valence-corrected chi connectivity index (χ0v) is 7.95. The summed E-state index contributed by atoms with van der Waals surface area (Å²) in [7, 11) is 0. The molecule has 1 aliphatic rings. The van der Waals surface area contributed by atoms with Gasteiger partial charge in [-0.1, -0.05) is 13.8 Å². The van der Waals surface area contributed by atoms with Crippen molar-refractivity contribution in [2.45, 2.75) is 45.0 Å². The van der Waals surface area contributed by atoms with Crippen LogP contribution in [-0.2, 0) is 4.74 Å². The maximum Gasteiger partial charge on any atom is 0.107 e. The Morgan fingerprint density at radius 2 is 2.08 bits per heavy atom. The Balaban J connectivity index is 2.72. The second-order valence-electron chi connectivity index (χ2n) is 3.78. The summed E-state index contributed by atoms with van der Waals surface area (Å²) in [6, 6.07) is 0. The highest BCUT2D eigenvalue weighted by atomic mass is 16.5. The molecule has 3 heteroatoms. The molecule has 0 aromatic carbocycles. The Labute approximate surface area is 73.4 Å². The molecular weight excluding hydrogens is 156 g/mol. The summed E-state index contributed by atoms with van der Waals surface area (Å²) in [5.41, 5.74) is -0.271. The molecule has 1 heterocycles. The highest BCUT2D eigenvalue weighted by Crippen LogP contribution is 2.37. The number of hydrogen-bond acceptors (Lipinski definition) is 3. The molecule has 0 spiro atoms. The molecule has 4 atom stereocenters. The predicted molar refractivity (Wildman–Crippen MR) is 45.8 cm³/mol. The monoisotopic (exact) mass is 174 g/mol. The summed E-state index contributed by atoms with van der Waals surface area (Å²) in [6.45, 7) is 5.88. The highest BCUT2D eigenvalue weighted by molar-refractivity contribution is 4.95. The van der Waals surface area contributed by atoms with E-state index in [2.05, 4.69) is 0 Å². The first kappa shape index (κ1) is 9.96. The van der Waals surface area contributed by atoms with Crippen LogP contribution in [0.4, 0.5) is 0 Å². The minimum absolute atomic E-state index is 0.0961. The lowest BCUT2D eigenvalue weighted by Crippen LogP contribution is -2.32. The van der Waals surface area contributed by atoms with Crippen molar-refractivity contribution in [3.8, 4) is 0 Å². The largest absolute Gasteiger partial charge is 0.394 e. The average Bonchev–Trinajstić information content (AvgIpc) is 2.31. The van der Waals surface area contributed by atoms with E-state index in [-0.39, 0.29) is 18.1 Å². The van der Waals surface area contributed by atoms with Crippen molar-refractivity contribution in [3.05, 3.63) is 0 Å². The number of rotatable bonds is 2. The van der Waals surface area contributed by atoms with Gasteiger partial charge in [0.25, 0.3) is 0 Å². The second kappa shape index (κ2) is 3.32. The van der Waals surface area contributed by atoms with Gasteiger partial charge in [-0.15, -0.1) is 0 Å². The molecule has 0 aromatic heterocycles. The maximum atomic E-state index is 9.64. The number of hydrogen-bond donors (Lipinski definition) is 2. The minimum Gasteiger partial charge on any atom is -0.394 e. The van der Waals surface area contributed by atoms with Gasteiger partial charge >= 0.3 is 0 Å². The van der Waals surface area contributed by atoms with E-state index in [1.54, 1.807) is 0 Å². The van der Waals surface area contributed by atoms with Gasteiger partial charge in [-0.25, -0.2) is 0 Å². The summed E-state index contributed by atoms with van der Waals surface area (Å²) in [5.74, 6) is 0.0969. The van der Waals surface area contributed by atoms with E-state index < -0.39 is 12.2 Å². The molecule has 1 rings (SSSR count). The van der Waals surface area contributed by atoms with Crippen molar-refractivity contribution in [2.75, 3.05) is 6.61 Å². The van der Waals surface area contributed by atoms with Gasteiger partial charge in [0.05, 0.1) is 18.3 Å². The van der Waals surface area contributed by atoms with Crippen molar-refractivity contribution in [1.29, 1.82) is 0 Å². The van der Waals surface area contributed by atoms with Gasteiger partial charge < -0.3 is 14.9 Å². The molecule has 2 N–H and O–H groups in total. The quantitative estimate of drug-likeness (QED) is 0.642. The number of aliphatic hydroxyl groups excluding tert-OH is 2. The molecule has 0 bridgehead atoms. The molecule has 1 aliphatic heterocycles. The van der Waals surface area contributed by atoms with Crippen LogP contribution in [0, 0.1) is 5.92 Å². The van der Waals surface area contributed by atoms with Gasteiger partial charge in [0.2, 0.25) is 0 Å². The van der Waals surface area contributed by atoms with Crippen molar-refractivity contribution < 1.29 is 14.9 Å². The Kier molecular flexibility index (Phi) is 2.76. The topological polar surface area (TPSA) is 49.7 Å². The lowest BCUT2D eigenvalue weighted by Gasteiger charge is -2.26. The molecule has 0 amide bonds. The van der Waals surface area contributed by atoms with Crippen LogP contribution in [0.3, 0.4) is 0 Å². The standard InChI is InChI=1S/C9H18O3/c1-4-9(3)6(2)8(11)7(5-10)12-9/h6-8,10-11H,4-5H2,1-3H3. The molecule has 0 saturated carbocycles. The minimum atomic E-state index is -0.528. The Morgan fingerprint density at radius 1 is 1.50 bits per heavy atom. The van der Waals surface area contributed by atoms with Crippen LogP contribution in [0.25, 0.3) is 0 Å². The Bertz CT molecular complexity index is 160. The van der Waals surface area contributed by atoms with E-state index in [4.69, 9.17) is 9.84 Å². The molecule has 0 radical (unpaired) electrons. The molecule has 1 saturated heterocycles. The second-order valence-corrected chi connectivity index (χ2v) is 3.78. The molecule has 1 fully saturated rings. The van der Waals surface area contributed by atoms with Gasteiger partial charge in [0.15, 0.2) is 0 Å². The van der Waals surface area contributed by atoms with Crippen LogP contribution in [-0.4, -0.2) is 34.6 Å². The molecule has 72 valence electrons. The van der Waals surface area contributed by atoms with Crippen LogP contribution in [0.2, 0.25) is 0 Å². The van der Waals surface area contributed by atoms with E-state index in [1.165, 1.54) is 0 Å². The first-order valence-corrected chi connectivity index (χ1v) is 4.52. The van der Waals surface area contributed by atoms with Crippen LogP contribution >= 0.6 is 0 Å². The summed E-state index contributed by atoms with van der Waals surface area (Å²) in [4.78, 5) is 0. The lowest BCUT2D eigenvalue weighted by molar-refractivity contribution is -0.0693. The first-order valence-electron chi connectivity index (χ1n) is 4.52. The van der Waals surface area contributed by atoms with Crippen molar-refractivity contribution in [1.82, 2.24) is 0 Å². The Hall–Kier alpha value is -0.120. The zero-order valence-electron chi connectivity index (χ0n) is 7.95. The van der Waals surface area contributed by atoms with E-state index in [1.807, 2.05) is 20.8 Å². The fourth-order valence-corrected chi connectivity index (χ4v) is 1.76. The third kappa shape index (κ3) is 1.37. The lowest BCUT2D eigenvalue weighted by atomic mass is 9.86. The highest BCUT2D eigenvalue weighted by Gasteiger charge is 2.47. The van der Waals surface area contributed by atoms with Crippen molar-refractivity contribution in [3.63, 3.8) is 0 Å². The van der Waals surface area contributed by atoms with Gasteiger partial charge in [-0.2, -0.15) is 0 Å². The fraction of sp³-hybridized carbons (Fsp3) is 1.00. The predicted octanol–water partition coefficient (Wildman–Crippen LogP) is 0.543. The molecule has 0 aliphatic carbocycles. The summed E-state index contributed by atoms with van der Waals surface area (Å²) >= 11 is 0. The number of aliphatic hydroxyl groups is 2. The van der Waals surface area contributed by atoms with Crippen LogP contribution in [0.5, 0.6) is 0 Å². The van der Waals surface area contributed by atoms with Crippen LogP contribution in [0.1, 0.15) is 27.2 Å². The molecule has 0 aromatic rings. The first-order chi connectivity index (χ1) is 5.55.